The normalized spacial score (nSPS) is 10.1. The van der Waals surface area contributed by atoms with Gasteiger partial charge in [0.1, 0.15) is 5.69 Å². The van der Waals surface area contributed by atoms with Crippen LogP contribution < -0.4 is 22.3 Å². The van der Waals surface area contributed by atoms with Gasteiger partial charge in [0, 0.05) is 26.2 Å². The van der Waals surface area contributed by atoms with Crippen LogP contribution in [-0.2, 0) is 11.3 Å². The highest BCUT2D eigenvalue weighted by atomic mass is 16.2. The van der Waals surface area contributed by atoms with E-state index in [2.05, 4.69) is 10.3 Å². The summed E-state index contributed by atoms with van der Waals surface area (Å²) in [5.74, 6) is -0.0922. The Labute approximate surface area is 91.3 Å². The van der Waals surface area contributed by atoms with Crippen LogP contribution in [0.2, 0.25) is 0 Å². The molecule has 0 aliphatic heterocycles. The molecule has 1 heterocycles. The van der Waals surface area contributed by atoms with Gasteiger partial charge in [0.15, 0.2) is 0 Å². The van der Waals surface area contributed by atoms with E-state index in [9.17, 15) is 14.4 Å². The molecule has 0 aromatic carbocycles. The van der Waals surface area contributed by atoms with Crippen molar-refractivity contribution in [2.24, 2.45) is 0 Å². The second-order valence-corrected chi connectivity index (χ2v) is 3.31. The lowest BCUT2D eigenvalue weighted by Crippen LogP contribution is -2.31. The van der Waals surface area contributed by atoms with Crippen LogP contribution in [0.1, 0.15) is 12.8 Å². The van der Waals surface area contributed by atoms with Crippen molar-refractivity contribution in [3.05, 3.63) is 27.0 Å². The average molecular weight is 226 g/mol. The van der Waals surface area contributed by atoms with Gasteiger partial charge < -0.3 is 11.1 Å². The molecule has 7 heteroatoms. The summed E-state index contributed by atoms with van der Waals surface area (Å²) in [6.07, 6.45) is 2.11. The smallest absolute Gasteiger partial charge is 0.328 e. The Kier molecular flexibility index (Phi) is 3.87. The molecule has 1 aromatic rings. The van der Waals surface area contributed by atoms with Crippen molar-refractivity contribution in [1.29, 1.82) is 0 Å². The Hall–Kier alpha value is -2.05. The summed E-state index contributed by atoms with van der Waals surface area (Å²) < 4.78 is 1.28. The molecule has 0 spiro atoms. The summed E-state index contributed by atoms with van der Waals surface area (Å²) >= 11 is 0. The molecule has 0 radical (unpaired) electrons. The fraction of sp³-hybridized carbons (Fsp3) is 0.444. The van der Waals surface area contributed by atoms with Crippen LogP contribution in [0.4, 0.5) is 5.69 Å². The van der Waals surface area contributed by atoms with Gasteiger partial charge >= 0.3 is 5.69 Å². The van der Waals surface area contributed by atoms with Crippen molar-refractivity contribution in [2.75, 3.05) is 12.8 Å². The third kappa shape index (κ3) is 2.97. The number of hydrogen-bond acceptors (Lipinski definition) is 4. The molecule has 0 saturated heterocycles. The van der Waals surface area contributed by atoms with Gasteiger partial charge in [-0.1, -0.05) is 0 Å². The number of carbonyl (C=O) groups is 1. The van der Waals surface area contributed by atoms with E-state index in [0.29, 0.717) is 19.4 Å². The lowest BCUT2D eigenvalue weighted by atomic mass is 10.3. The van der Waals surface area contributed by atoms with E-state index in [1.807, 2.05) is 0 Å². The molecule has 16 heavy (non-hydrogen) atoms. The maximum Gasteiger partial charge on any atom is 0.328 e. The fourth-order valence-corrected chi connectivity index (χ4v) is 1.23. The molecule has 1 aromatic heterocycles. The van der Waals surface area contributed by atoms with Crippen molar-refractivity contribution in [1.82, 2.24) is 14.9 Å². The van der Waals surface area contributed by atoms with Gasteiger partial charge in [-0.05, 0) is 6.42 Å². The maximum absolute atomic E-state index is 11.3. The Morgan fingerprint density at radius 1 is 1.56 bits per heavy atom. The number of aromatic amines is 1. The topological polar surface area (TPSA) is 110 Å². The van der Waals surface area contributed by atoms with Gasteiger partial charge in [0.2, 0.25) is 5.91 Å². The Morgan fingerprint density at radius 2 is 2.25 bits per heavy atom. The largest absolute Gasteiger partial charge is 0.393 e. The second-order valence-electron chi connectivity index (χ2n) is 3.31. The van der Waals surface area contributed by atoms with E-state index in [4.69, 9.17) is 5.73 Å². The number of anilines is 1. The molecule has 88 valence electrons. The van der Waals surface area contributed by atoms with Crippen LogP contribution in [0, 0.1) is 0 Å². The van der Waals surface area contributed by atoms with E-state index >= 15 is 0 Å². The molecule has 1 amide bonds. The number of nitrogens with zero attached hydrogens (tertiary/aromatic N) is 1. The lowest BCUT2D eigenvalue weighted by molar-refractivity contribution is -0.120. The van der Waals surface area contributed by atoms with Crippen LogP contribution in [-0.4, -0.2) is 22.5 Å². The summed E-state index contributed by atoms with van der Waals surface area (Å²) in [4.78, 5) is 35.3. The zero-order valence-corrected chi connectivity index (χ0v) is 8.95. The first-order chi connectivity index (χ1) is 7.54. The minimum Gasteiger partial charge on any atom is -0.393 e. The third-order valence-electron chi connectivity index (χ3n) is 2.12. The number of H-pyrrole nitrogens is 1. The van der Waals surface area contributed by atoms with Crippen LogP contribution in [0.15, 0.2) is 15.8 Å². The van der Waals surface area contributed by atoms with Crippen LogP contribution in [0.5, 0.6) is 0 Å². The summed E-state index contributed by atoms with van der Waals surface area (Å²) in [5, 5.41) is 2.48. The number of aryl methyl sites for hydroxylation is 1. The van der Waals surface area contributed by atoms with E-state index in [1.54, 1.807) is 7.05 Å². The molecular formula is C9H14N4O3. The van der Waals surface area contributed by atoms with Crippen molar-refractivity contribution in [3.8, 4) is 0 Å². The van der Waals surface area contributed by atoms with Gasteiger partial charge in [0.05, 0.1) is 0 Å². The Bertz CT molecular complexity index is 488. The predicted molar refractivity (Wildman–Crippen MR) is 59.0 cm³/mol. The summed E-state index contributed by atoms with van der Waals surface area (Å²) in [6.45, 7) is 0.341. The van der Waals surface area contributed by atoms with Crippen molar-refractivity contribution in [2.45, 2.75) is 19.4 Å². The second kappa shape index (κ2) is 5.15. The van der Waals surface area contributed by atoms with Crippen LogP contribution in [0.25, 0.3) is 0 Å². The SMILES string of the molecule is CNC(=O)CCCn1cc(N)c(=O)[nH]c1=O. The number of nitrogens with two attached hydrogens (primary N) is 1. The molecule has 7 nitrogen and oxygen atoms in total. The molecule has 0 saturated carbocycles. The summed E-state index contributed by atoms with van der Waals surface area (Å²) in [6, 6.07) is 0. The van der Waals surface area contributed by atoms with Crippen molar-refractivity contribution >= 4 is 11.6 Å². The van der Waals surface area contributed by atoms with Gasteiger partial charge in [-0.25, -0.2) is 4.79 Å². The fourth-order valence-electron chi connectivity index (χ4n) is 1.23. The monoisotopic (exact) mass is 226 g/mol. The zero-order valence-electron chi connectivity index (χ0n) is 8.95. The number of hydrogen-bond donors (Lipinski definition) is 3. The number of rotatable bonds is 4. The van der Waals surface area contributed by atoms with Gasteiger partial charge in [-0.2, -0.15) is 0 Å². The average Bonchev–Trinajstić information content (AvgIpc) is 2.25. The molecular weight excluding hydrogens is 212 g/mol. The Morgan fingerprint density at radius 3 is 2.88 bits per heavy atom. The zero-order chi connectivity index (χ0) is 12.1. The number of nitrogen functional groups attached to an aromatic ring is 1. The van der Waals surface area contributed by atoms with E-state index in [1.165, 1.54) is 10.8 Å². The van der Waals surface area contributed by atoms with Crippen molar-refractivity contribution in [3.63, 3.8) is 0 Å². The number of amides is 1. The van der Waals surface area contributed by atoms with Crippen molar-refractivity contribution < 1.29 is 4.79 Å². The standard InChI is InChI=1S/C9H14N4O3/c1-11-7(14)3-2-4-13-5-6(10)8(15)12-9(13)16/h5H,2-4,10H2,1H3,(H,11,14)(H,12,15,16). The molecule has 0 unspecified atom stereocenters. The summed E-state index contributed by atoms with van der Waals surface area (Å²) in [7, 11) is 1.55. The molecule has 0 fully saturated rings. The third-order valence-corrected chi connectivity index (χ3v) is 2.12. The molecule has 0 bridgehead atoms. The minimum atomic E-state index is -0.590. The highest BCUT2D eigenvalue weighted by Gasteiger charge is 2.02. The molecule has 0 aliphatic carbocycles. The van der Waals surface area contributed by atoms with Gasteiger partial charge in [-0.3, -0.25) is 19.1 Å². The lowest BCUT2D eigenvalue weighted by Gasteiger charge is -2.04. The molecule has 0 aliphatic rings. The summed E-state index contributed by atoms with van der Waals surface area (Å²) in [5.41, 5.74) is 4.24. The first-order valence-corrected chi connectivity index (χ1v) is 4.84. The molecule has 1 rings (SSSR count). The van der Waals surface area contributed by atoms with E-state index < -0.39 is 11.2 Å². The number of carbonyl (C=O) groups excluding carboxylic acids is 1. The maximum atomic E-state index is 11.3. The van der Waals surface area contributed by atoms with E-state index in [-0.39, 0.29) is 11.6 Å². The molecule has 4 N–H and O–H groups in total. The van der Waals surface area contributed by atoms with Crippen LogP contribution >= 0.6 is 0 Å². The first kappa shape index (κ1) is 12.0. The molecule has 0 atom stereocenters. The minimum absolute atomic E-state index is 0.0143. The highest BCUT2D eigenvalue weighted by Crippen LogP contribution is 1.94. The van der Waals surface area contributed by atoms with Gasteiger partial charge in [0.25, 0.3) is 5.56 Å². The predicted octanol–water partition coefficient (Wildman–Crippen LogP) is -1.35. The van der Waals surface area contributed by atoms with E-state index in [0.717, 1.165) is 0 Å². The van der Waals surface area contributed by atoms with Crippen LogP contribution in [0.3, 0.4) is 0 Å². The number of aromatic nitrogens is 2. The number of nitrogens with one attached hydrogen (secondary N) is 2. The van der Waals surface area contributed by atoms with Gasteiger partial charge in [-0.15, -0.1) is 0 Å². The quantitative estimate of drug-likeness (QED) is 0.589. The highest BCUT2D eigenvalue weighted by molar-refractivity contribution is 5.75. The Balaban J connectivity index is 2.68. The first-order valence-electron chi connectivity index (χ1n) is 4.84.